The highest BCUT2D eigenvalue weighted by Crippen LogP contribution is 2.39. The maximum atomic E-state index is 14.5. The zero-order valence-electron chi connectivity index (χ0n) is 23.2. The third-order valence-electron chi connectivity index (χ3n) is 7.89. The first-order valence-corrected chi connectivity index (χ1v) is 14.3. The summed E-state index contributed by atoms with van der Waals surface area (Å²) >= 11 is 0. The van der Waals surface area contributed by atoms with E-state index in [2.05, 4.69) is 79.5 Å². The molecule has 0 aromatic heterocycles. The van der Waals surface area contributed by atoms with Crippen molar-refractivity contribution in [3.8, 4) is 0 Å². The summed E-state index contributed by atoms with van der Waals surface area (Å²) in [6, 6.07) is 17.6. The molecule has 2 unspecified atom stereocenters. The summed E-state index contributed by atoms with van der Waals surface area (Å²) in [6.07, 6.45) is 9.41. The van der Waals surface area contributed by atoms with Gasteiger partial charge in [-0.05, 0) is 74.5 Å². The van der Waals surface area contributed by atoms with Crippen LogP contribution in [0.5, 0.6) is 0 Å². The van der Waals surface area contributed by atoms with Gasteiger partial charge in [0.05, 0.1) is 18.6 Å². The second-order valence-corrected chi connectivity index (χ2v) is 10.5. The number of carbonyl (C=O) groups excluding carboxylic acids is 1. The Balaban J connectivity index is 1.94. The zero-order chi connectivity index (χ0) is 25.8. The van der Waals surface area contributed by atoms with E-state index in [4.69, 9.17) is 4.74 Å². The number of hydrogen-bond donors (Lipinski definition) is 1. The van der Waals surface area contributed by atoms with Gasteiger partial charge in [-0.15, -0.1) is 0 Å². The van der Waals surface area contributed by atoms with Crippen LogP contribution in [0.25, 0.3) is 0 Å². The minimum Gasteiger partial charge on any atom is -0.378 e. The Morgan fingerprint density at radius 3 is 2.14 bits per heavy atom. The minimum atomic E-state index is -0.466. The molecule has 0 radical (unpaired) electrons. The van der Waals surface area contributed by atoms with Crippen LogP contribution < -0.4 is 10.2 Å². The first-order valence-electron chi connectivity index (χ1n) is 14.3. The van der Waals surface area contributed by atoms with E-state index in [1.807, 2.05) is 7.05 Å². The summed E-state index contributed by atoms with van der Waals surface area (Å²) in [7, 11) is 2.03. The Morgan fingerprint density at radius 1 is 0.917 bits per heavy atom. The highest BCUT2D eigenvalue weighted by molar-refractivity contribution is 6.01. The third kappa shape index (κ3) is 7.20. The fourth-order valence-electron chi connectivity index (χ4n) is 5.72. The second kappa shape index (κ2) is 14.5. The molecule has 36 heavy (non-hydrogen) atoms. The van der Waals surface area contributed by atoms with Crippen molar-refractivity contribution in [3.05, 3.63) is 65.2 Å². The maximum absolute atomic E-state index is 14.5. The van der Waals surface area contributed by atoms with E-state index in [9.17, 15) is 4.79 Å². The number of benzene rings is 2. The minimum absolute atomic E-state index is 0.139. The molecule has 0 bridgehead atoms. The van der Waals surface area contributed by atoms with Gasteiger partial charge in [0.2, 0.25) is 0 Å². The first kappa shape index (κ1) is 28.4. The van der Waals surface area contributed by atoms with Crippen molar-refractivity contribution < 1.29 is 9.53 Å². The fourth-order valence-corrected chi connectivity index (χ4v) is 5.72. The molecule has 2 aromatic carbocycles. The van der Waals surface area contributed by atoms with Crippen molar-refractivity contribution in [2.75, 3.05) is 38.3 Å². The van der Waals surface area contributed by atoms with Crippen LogP contribution in [0.15, 0.2) is 48.5 Å². The van der Waals surface area contributed by atoms with Crippen LogP contribution in [-0.2, 0) is 17.6 Å². The topological polar surface area (TPSA) is 41.6 Å². The number of Topliss-reactive ketones (excluding diaryl/α,β-unsaturated/α-hetero) is 1. The van der Waals surface area contributed by atoms with E-state index < -0.39 is 5.41 Å². The highest BCUT2D eigenvalue weighted by atomic mass is 16.5. The Labute approximate surface area is 219 Å². The van der Waals surface area contributed by atoms with Crippen molar-refractivity contribution in [3.63, 3.8) is 0 Å². The van der Waals surface area contributed by atoms with Gasteiger partial charge in [-0.2, -0.15) is 0 Å². The van der Waals surface area contributed by atoms with Gasteiger partial charge in [0.15, 0.2) is 5.78 Å². The Kier molecular flexibility index (Phi) is 11.5. The molecule has 1 aliphatic rings. The molecular weight excluding hydrogens is 444 g/mol. The number of rotatable bonds is 15. The molecule has 4 heteroatoms. The SMILES string of the molecule is CCCCc1ccc(CC(CCCC)(C(=O)c2ccc(N3CCOCC3)cc2)C(CCC)NC)cc1. The highest BCUT2D eigenvalue weighted by Gasteiger charge is 2.44. The molecule has 0 saturated carbocycles. The molecule has 198 valence electrons. The molecule has 2 atom stereocenters. The van der Waals surface area contributed by atoms with E-state index in [0.717, 1.165) is 76.8 Å². The lowest BCUT2D eigenvalue weighted by Crippen LogP contribution is -2.50. The molecule has 4 nitrogen and oxygen atoms in total. The molecule has 0 spiro atoms. The number of morpholine rings is 1. The molecule has 2 aromatic rings. The summed E-state index contributed by atoms with van der Waals surface area (Å²) < 4.78 is 5.51. The summed E-state index contributed by atoms with van der Waals surface area (Å²) in [5, 5.41) is 3.58. The van der Waals surface area contributed by atoms with Gasteiger partial charge in [0.1, 0.15) is 0 Å². The Morgan fingerprint density at radius 2 is 1.56 bits per heavy atom. The average molecular weight is 493 g/mol. The first-order chi connectivity index (χ1) is 17.6. The van der Waals surface area contributed by atoms with E-state index in [1.54, 1.807) is 0 Å². The number of carbonyl (C=O) groups is 1. The van der Waals surface area contributed by atoms with E-state index in [0.29, 0.717) is 0 Å². The molecule has 1 saturated heterocycles. The monoisotopic (exact) mass is 492 g/mol. The number of aryl methyl sites for hydroxylation is 1. The molecule has 1 fully saturated rings. The Hall–Kier alpha value is -2.17. The van der Waals surface area contributed by atoms with Gasteiger partial charge in [0.25, 0.3) is 0 Å². The van der Waals surface area contributed by atoms with Gasteiger partial charge >= 0.3 is 0 Å². The number of nitrogens with one attached hydrogen (secondary N) is 1. The van der Waals surface area contributed by atoms with Crippen molar-refractivity contribution in [1.82, 2.24) is 5.32 Å². The number of ketones is 1. The fraction of sp³-hybridized carbons (Fsp3) is 0.594. The van der Waals surface area contributed by atoms with Crippen LogP contribution in [0.4, 0.5) is 5.69 Å². The van der Waals surface area contributed by atoms with Gasteiger partial charge in [-0.3, -0.25) is 4.79 Å². The van der Waals surface area contributed by atoms with Crippen molar-refractivity contribution in [2.24, 2.45) is 5.41 Å². The molecule has 3 rings (SSSR count). The molecule has 1 aliphatic heterocycles. The summed E-state index contributed by atoms with van der Waals surface area (Å²) in [4.78, 5) is 16.8. The van der Waals surface area contributed by atoms with Crippen molar-refractivity contribution in [2.45, 2.75) is 84.6 Å². The van der Waals surface area contributed by atoms with Crippen LogP contribution in [0.3, 0.4) is 0 Å². The number of unbranched alkanes of at least 4 members (excludes halogenated alkanes) is 2. The summed E-state index contributed by atoms with van der Waals surface area (Å²) in [5.41, 5.74) is 4.20. The lowest BCUT2D eigenvalue weighted by Gasteiger charge is -2.40. The van der Waals surface area contributed by atoms with Gasteiger partial charge in [-0.1, -0.05) is 70.7 Å². The average Bonchev–Trinajstić information content (AvgIpc) is 2.94. The predicted octanol–water partition coefficient (Wildman–Crippen LogP) is 6.86. The van der Waals surface area contributed by atoms with Crippen molar-refractivity contribution >= 4 is 11.5 Å². The number of ether oxygens (including phenoxy) is 1. The quantitative estimate of drug-likeness (QED) is 0.276. The smallest absolute Gasteiger partial charge is 0.170 e. The van der Waals surface area contributed by atoms with E-state index in [-0.39, 0.29) is 11.8 Å². The predicted molar refractivity (Wildman–Crippen MR) is 152 cm³/mol. The van der Waals surface area contributed by atoms with E-state index in [1.165, 1.54) is 29.7 Å². The largest absolute Gasteiger partial charge is 0.378 e. The van der Waals surface area contributed by atoms with Crippen molar-refractivity contribution in [1.29, 1.82) is 0 Å². The molecular formula is C32H48N2O2. The lowest BCUT2D eigenvalue weighted by atomic mass is 9.66. The van der Waals surface area contributed by atoms with Crippen LogP contribution in [-0.4, -0.2) is 45.2 Å². The lowest BCUT2D eigenvalue weighted by molar-refractivity contribution is 0.0675. The maximum Gasteiger partial charge on any atom is 0.170 e. The van der Waals surface area contributed by atoms with Gasteiger partial charge in [0, 0.05) is 30.4 Å². The van der Waals surface area contributed by atoms with Crippen LogP contribution in [0, 0.1) is 5.41 Å². The zero-order valence-corrected chi connectivity index (χ0v) is 23.2. The standard InChI is InChI=1S/C32H48N2O2/c1-5-8-11-26-12-14-27(15-13-26)25-32(20-9-6-2,30(33-4)10-7-3)31(35)28-16-18-29(19-17-28)34-21-23-36-24-22-34/h12-19,30,33H,5-11,20-25H2,1-4H3. The number of nitrogens with zero attached hydrogens (tertiary/aromatic N) is 1. The molecule has 0 amide bonds. The van der Waals surface area contributed by atoms with Crippen LogP contribution in [0.2, 0.25) is 0 Å². The number of anilines is 1. The van der Waals surface area contributed by atoms with Crippen LogP contribution >= 0.6 is 0 Å². The van der Waals surface area contributed by atoms with Gasteiger partial charge in [-0.25, -0.2) is 0 Å². The van der Waals surface area contributed by atoms with Crippen LogP contribution in [0.1, 0.15) is 87.2 Å². The normalized spacial score (nSPS) is 16.5. The summed E-state index contributed by atoms with van der Waals surface area (Å²) in [6.45, 7) is 10.0. The van der Waals surface area contributed by atoms with E-state index >= 15 is 0 Å². The molecule has 1 N–H and O–H groups in total. The molecule has 0 aliphatic carbocycles. The second-order valence-electron chi connectivity index (χ2n) is 10.5. The third-order valence-corrected chi connectivity index (χ3v) is 7.89. The van der Waals surface area contributed by atoms with Gasteiger partial charge < -0.3 is 15.0 Å². The summed E-state index contributed by atoms with van der Waals surface area (Å²) in [5.74, 6) is 0.285. The Bertz CT molecular complexity index is 903. The molecule has 1 heterocycles. The number of hydrogen-bond acceptors (Lipinski definition) is 4.